The molecule has 0 aliphatic rings. The van der Waals surface area contributed by atoms with Gasteiger partial charge in [0.2, 0.25) is 0 Å². The smallest absolute Gasteiger partial charge is 0.170 e. The summed E-state index contributed by atoms with van der Waals surface area (Å²) < 4.78 is 11.6. The highest BCUT2D eigenvalue weighted by Crippen LogP contribution is 2.30. The molecule has 0 fully saturated rings. The Kier molecular flexibility index (Phi) is 8.76. The molecule has 2 aromatic carbocycles. The van der Waals surface area contributed by atoms with Gasteiger partial charge in [0.05, 0.1) is 13.2 Å². The van der Waals surface area contributed by atoms with Gasteiger partial charge >= 0.3 is 0 Å². The van der Waals surface area contributed by atoms with Crippen LogP contribution >= 0.6 is 12.2 Å². The number of hydrogen-bond acceptors (Lipinski definition) is 3. The lowest BCUT2D eigenvalue weighted by Gasteiger charge is -2.15. The first-order valence-corrected chi connectivity index (χ1v) is 9.62. The lowest BCUT2D eigenvalue weighted by molar-refractivity contribution is 0.268. The van der Waals surface area contributed by atoms with Gasteiger partial charge in [-0.2, -0.15) is 0 Å². The molecule has 0 radical (unpaired) electrons. The SMILES string of the molecule is CCCOc1ccc(NC(=S)NCCc2ccccc2)cc1OCCC. The van der Waals surface area contributed by atoms with Crippen molar-refractivity contribution in [3.63, 3.8) is 0 Å². The Hall–Kier alpha value is -2.27. The van der Waals surface area contributed by atoms with Crippen LogP contribution in [0.4, 0.5) is 5.69 Å². The fourth-order valence-electron chi connectivity index (χ4n) is 2.38. The van der Waals surface area contributed by atoms with E-state index in [4.69, 9.17) is 21.7 Å². The van der Waals surface area contributed by atoms with Crippen LogP contribution in [0.2, 0.25) is 0 Å². The molecular formula is C21H28N2O2S. The van der Waals surface area contributed by atoms with Crippen molar-refractivity contribution >= 4 is 23.0 Å². The average Bonchev–Trinajstić information content (AvgIpc) is 2.66. The van der Waals surface area contributed by atoms with Crippen LogP contribution in [0, 0.1) is 0 Å². The highest BCUT2D eigenvalue weighted by atomic mass is 32.1. The Morgan fingerprint density at radius 2 is 1.62 bits per heavy atom. The van der Waals surface area contributed by atoms with Crippen LogP contribution < -0.4 is 20.1 Å². The zero-order valence-corrected chi connectivity index (χ0v) is 16.4. The van der Waals surface area contributed by atoms with Gasteiger partial charge in [-0.15, -0.1) is 0 Å². The molecule has 0 aromatic heterocycles. The molecule has 2 N–H and O–H groups in total. The minimum Gasteiger partial charge on any atom is -0.490 e. The maximum absolute atomic E-state index is 5.82. The van der Waals surface area contributed by atoms with Crippen LogP contribution in [0.25, 0.3) is 0 Å². The van der Waals surface area contributed by atoms with Gasteiger partial charge in [-0.25, -0.2) is 0 Å². The van der Waals surface area contributed by atoms with E-state index in [1.807, 2.05) is 36.4 Å². The fourth-order valence-corrected chi connectivity index (χ4v) is 2.60. The number of thiocarbonyl (C=S) groups is 1. The molecular weight excluding hydrogens is 344 g/mol. The predicted molar refractivity (Wildman–Crippen MR) is 112 cm³/mol. The lowest BCUT2D eigenvalue weighted by Crippen LogP contribution is -2.30. The van der Waals surface area contributed by atoms with Gasteiger partial charge in [-0.1, -0.05) is 44.2 Å². The first kappa shape index (κ1) is 20.0. The molecule has 2 rings (SSSR count). The molecule has 0 aliphatic heterocycles. The van der Waals surface area contributed by atoms with E-state index in [0.29, 0.717) is 18.3 Å². The second-order valence-corrected chi connectivity index (χ2v) is 6.38. The Bertz CT molecular complexity index is 677. The van der Waals surface area contributed by atoms with Crippen molar-refractivity contribution in [2.24, 2.45) is 0 Å². The molecule has 0 spiro atoms. The number of ether oxygens (including phenoxy) is 2. The second kappa shape index (κ2) is 11.4. The van der Waals surface area contributed by atoms with Gasteiger partial charge in [0.15, 0.2) is 16.6 Å². The van der Waals surface area contributed by atoms with Crippen molar-refractivity contribution in [2.45, 2.75) is 33.1 Å². The Labute approximate surface area is 161 Å². The first-order chi connectivity index (χ1) is 12.7. The molecule has 0 amide bonds. The van der Waals surface area contributed by atoms with Crippen LogP contribution in [0.3, 0.4) is 0 Å². The first-order valence-electron chi connectivity index (χ1n) is 9.21. The van der Waals surface area contributed by atoms with E-state index in [9.17, 15) is 0 Å². The molecule has 0 aliphatic carbocycles. The molecule has 2 aromatic rings. The lowest BCUT2D eigenvalue weighted by atomic mass is 10.1. The molecule has 0 atom stereocenters. The summed E-state index contributed by atoms with van der Waals surface area (Å²) in [5, 5.41) is 7.05. The van der Waals surface area contributed by atoms with E-state index in [-0.39, 0.29) is 0 Å². The standard InChI is InChI=1S/C21H28N2O2S/c1-3-14-24-19-11-10-18(16-20(19)25-15-4-2)23-21(26)22-13-12-17-8-6-5-7-9-17/h5-11,16H,3-4,12-15H2,1-2H3,(H2,22,23,26). The maximum Gasteiger partial charge on any atom is 0.170 e. The molecule has 5 heteroatoms. The third kappa shape index (κ3) is 6.92. The molecule has 140 valence electrons. The van der Waals surface area contributed by atoms with Gasteiger partial charge in [0, 0.05) is 18.3 Å². The fraction of sp³-hybridized carbons (Fsp3) is 0.381. The molecule has 0 heterocycles. The highest BCUT2D eigenvalue weighted by Gasteiger charge is 2.08. The average molecular weight is 373 g/mol. The number of benzene rings is 2. The van der Waals surface area contributed by atoms with Crippen molar-refractivity contribution < 1.29 is 9.47 Å². The summed E-state index contributed by atoms with van der Waals surface area (Å²) in [4.78, 5) is 0. The van der Waals surface area contributed by atoms with Crippen molar-refractivity contribution in [3.8, 4) is 11.5 Å². The monoisotopic (exact) mass is 372 g/mol. The van der Waals surface area contributed by atoms with Gasteiger partial charge in [0.1, 0.15) is 0 Å². The number of rotatable bonds is 10. The third-order valence-electron chi connectivity index (χ3n) is 3.67. The molecule has 0 saturated carbocycles. The Morgan fingerprint density at radius 1 is 0.923 bits per heavy atom. The topological polar surface area (TPSA) is 42.5 Å². The van der Waals surface area contributed by atoms with Gasteiger partial charge < -0.3 is 20.1 Å². The van der Waals surface area contributed by atoms with E-state index in [1.54, 1.807) is 0 Å². The quantitative estimate of drug-likeness (QED) is 0.587. The normalized spacial score (nSPS) is 10.2. The van der Waals surface area contributed by atoms with E-state index in [0.717, 1.165) is 43.0 Å². The number of anilines is 1. The predicted octanol–water partition coefficient (Wildman–Crippen LogP) is 4.79. The van der Waals surface area contributed by atoms with Crippen LogP contribution in [0.1, 0.15) is 32.3 Å². The van der Waals surface area contributed by atoms with Crippen molar-refractivity contribution in [2.75, 3.05) is 25.1 Å². The van der Waals surface area contributed by atoms with Crippen molar-refractivity contribution in [1.29, 1.82) is 0 Å². The summed E-state index contributed by atoms with van der Waals surface area (Å²) in [7, 11) is 0. The maximum atomic E-state index is 5.82. The largest absolute Gasteiger partial charge is 0.490 e. The summed E-state index contributed by atoms with van der Waals surface area (Å²) in [5.74, 6) is 1.52. The summed E-state index contributed by atoms with van der Waals surface area (Å²) in [6.07, 6.45) is 2.84. The van der Waals surface area contributed by atoms with Crippen molar-refractivity contribution in [1.82, 2.24) is 5.32 Å². The number of nitrogens with one attached hydrogen (secondary N) is 2. The van der Waals surface area contributed by atoms with E-state index in [1.165, 1.54) is 5.56 Å². The summed E-state index contributed by atoms with van der Waals surface area (Å²) in [5.41, 5.74) is 2.17. The highest BCUT2D eigenvalue weighted by molar-refractivity contribution is 7.80. The molecule has 0 bridgehead atoms. The van der Waals surface area contributed by atoms with Gasteiger partial charge in [-0.3, -0.25) is 0 Å². The van der Waals surface area contributed by atoms with Gasteiger partial charge in [-0.05, 0) is 49.2 Å². The minimum absolute atomic E-state index is 0.601. The Morgan fingerprint density at radius 3 is 2.31 bits per heavy atom. The van der Waals surface area contributed by atoms with Crippen LogP contribution in [-0.4, -0.2) is 24.9 Å². The van der Waals surface area contributed by atoms with E-state index < -0.39 is 0 Å². The Balaban J connectivity index is 1.89. The molecule has 26 heavy (non-hydrogen) atoms. The summed E-state index contributed by atoms with van der Waals surface area (Å²) in [6.45, 7) is 6.29. The van der Waals surface area contributed by atoms with Crippen LogP contribution in [0.15, 0.2) is 48.5 Å². The summed E-state index contributed by atoms with van der Waals surface area (Å²) >= 11 is 5.39. The second-order valence-electron chi connectivity index (χ2n) is 5.97. The van der Waals surface area contributed by atoms with Crippen LogP contribution in [0.5, 0.6) is 11.5 Å². The molecule has 0 saturated heterocycles. The van der Waals surface area contributed by atoms with E-state index in [2.05, 4.69) is 36.6 Å². The van der Waals surface area contributed by atoms with Crippen LogP contribution in [-0.2, 0) is 6.42 Å². The molecule has 4 nitrogen and oxygen atoms in total. The molecule has 0 unspecified atom stereocenters. The minimum atomic E-state index is 0.601. The zero-order chi connectivity index (χ0) is 18.6. The number of hydrogen-bond donors (Lipinski definition) is 2. The van der Waals surface area contributed by atoms with E-state index >= 15 is 0 Å². The van der Waals surface area contributed by atoms with Gasteiger partial charge in [0.25, 0.3) is 0 Å². The zero-order valence-electron chi connectivity index (χ0n) is 15.6. The van der Waals surface area contributed by atoms with Crippen molar-refractivity contribution in [3.05, 3.63) is 54.1 Å². The third-order valence-corrected chi connectivity index (χ3v) is 3.91. The summed E-state index contributed by atoms with van der Waals surface area (Å²) in [6, 6.07) is 16.2.